The van der Waals surface area contributed by atoms with Crippen molar-refractivity contribution in [2.24, 2.45) is 5.92 Å². The summed E-state index contributed by atoms with van der Waals surface area (Å²) in [7, 11) is 0. The molecule has 1 atom stereocenters. The van der Waals surface area contributed by atoms with Crippen molar-refractivity contribution in [1.29, 1.82) is 0 Å². The lowest BCUT2D eigenvalue weighted by molar-refractivity contribution is -0.148. The quantitative estimate of drug-likeness (QED) is 0.405. The summed E-state index contributed by atoms with van der Waals surface area (Å²) in [4.78, 5) is 25.8. The zero-order valence-electron chi connectivity index (χ0n) is 14.4. The van der Waals surface area contributed by atoms with Crippen LogP contribution in [0.15, 0.2) is 0 Å². The standard InChI is InChI=1S/C18H33NO3/c1-3-5-7-9-10-12-19-15-16(14-17(19)20)18(21)22-13-11-8-6-4-2/h16H,3-15H2,1-2H3. The summed E-state index contributed by atoms with van der Waals surface area (Å²) in [5.41, 5.74) is 0. The maximum Gasteiger partial charge on any atom is 0.311 e. The molecule has 128 valence electrons. The van der Waals surface area contributed by atoms with Gasteiger partial charge in [0.1, 0.15) is 0 Å². The number of likely N-dealkylation sites (tertiary alicyclic amines) is 1. The van der Waals surface area contributed by atoms with Gasteiger partial charge in [-0.2, -0.15) is 0 Å². The van der Waals surface area contributed by atoms with Crippen molar-refractivity contribution in [3.63, 3.8) is 0 Å². The molecule has 0 aromatic heterocycles. The average molecular weight is 311 g/mol. The molecule has 0 radical (unpaired) electrons. The highest BCUT2D eigenvalue weighted by Crippen LogP contribution is 2.20. The van der Waals surface area contributed by atoms with Crippen LogP contribution in [-0.4, -0.2) is 36.5 Å². The Morgan fingerprint density at radius 1 is 1.05 bits per heavy atom. The first-order chi connectivity index (χ1) is 10.7. The van der Waals surface area contributed by atoms with Gasteiger partial charge in [-0.3, -0.25) is 9.59 Å². The molecule has 1 saturated heterocycles. The fourth-order valence-electron chi connectivity index (χ4n) is 2.87. The predicted octanol–water partition coefficient (Wildman–Crippen LogP) is 3.93. The third kappa shape index (κ3) is 7.28. The maximum absolute atomic E-state index is 12.0. The summed E-state index contributed by atoms with van der Waals surface area (Å²) in [5, 5.41) is 0. The van der Waals surface area contributed by atoms with Gasteiger partial charge in [0.2, 0.25) is 5.91 Å². The molecule has 1 fully saturated rings. The summed E-state index contributed by atoms with van der Waals surface area (Å²) in [6, 6.07) is 0. The van der Waals surface area contributed by atoms with E-state index in [-0.39, 0.29) is 17.8 Å². The lowest BCUT2D eigenvalue weighted by atomic mass is 10.1. The second-order valence-corrected chi connectivity index (χ2v) is 6.38. The fourth-order valence-corrected chi connectivity index (χ4v) is 2.87. The first kappa shape index (κ1) is 19.0. The largest absolute Gasteiger partial charge is 0.465 e. The number of hydrogen-bond donors (Lipinski definition) is 0. The van der Waals surface area contributed by atoms with Crippen molar-refractivity contribution in [2.75, 3.05) is 19.7 Å². The summed E-state index contributed by atoms with van der Waals surface area (Å²) in [5.74, 6) is -0.309. The number of amides is 1. The molecule has 0 saturated carbocycles. The molecule has 0 aromatic carbocycles. The van der Waals surface area contributed by atoms with E-state index in [1.807, 2.05) is 4.90 Å². The molecule has 0 spiro atoms. The number of unbranched alkanes of at least 4 members (excludes halogenated alkanes) is 7. The number of carbonyl (C=O) groups excluding carboxylic acids is 2. The number of ether oxygens (including phenoxy) is 1. The molecular weight excluding hydrogens is 278 g/mol. The third-order valence-corrected chi connectivity index (χ3v) is 4.32. The highest BCUT2D eigenvalue weighted by atomic mass is 16.5. The highest BCUT2D eigenvalue weighted by molar-refractivity contribution is 5.86. The number of nitrogens with zero attached hydrogens (tertiary/aromatic N) is 1. The molecular formula is C18H33NO3. The molecule has 4 heteroatoms. The SMILES string of the molecule is CCCCCCCN1CC(C(=O)OCCCCCC)CC1=O. The molecule has 0 aromatic rings. The lowest BCUT2D eigenvalue weighted by Crippen LogP contribution is -2.27. The van der Waals surface area contributed by atoms with Gasteiger partial charge >= 0.3 is 5.97 Å². The zero-order chi connectivity index (χ0) is 16.2. The van der Waals surface area contributed by atoms with Crippen LogP contribution >= 0.6 is 0 Å². The molecule has 1 aliphatic rings. The van der Waals surface area contributed by atoms with E-state index in [9.17, 15) is 9.59 Å². The normalized spacial score (nSPS) is 18.0. The van der Waals surface area contributed by atoms with Crippen LogP contribution in [0.5, 0.6) is 0 Å². The highest BCUT2D eigenvalue weighted by Gasteiger charge is 2.34. The predicted molar refractivity (Wildman–Crippen MR) is 88.5 cm³/mol. The van der Waals surface area contributed by atoms with E-state index < -0.39 is 0 Å². The monoisotopic (exact) mass is 311 g/mol. The Morgan fingerprint density at radius 2 is 1.68 bits per heavy atom. The van der Waals surface area contributed by atoms with E-state index in [1.165, 1.54) is 38.5 Å². The van der Waals surface area contributed by atoms with E-state index >= 15 is 0 Å². The minimum atomic E-state index is -0.241. The zero-order valence-corrected chi connectivity index (χ0v) is 14.4. The van der Waals surface area contributed by atoms with Gasteiger partial charge in [0.05, 0.1) is 12.5 Å². The minimum absolute atomic E-state index is 0.114. The Bertz CT molecular complexity index is 330. The number of esters is 1. The Morgan fingerprint density at radius 3 is 2.36 bits per heavy atom. The van der Waals surface area contributed by atoms with Crippen LogP contribution < -0.4 is 0 Å². The molecule has 0 N–H and O–H groups in total. The first-order valence-corrected chi connectivity index (χ1v) is 9.13. The van der Waals surface area contributed by atoms with E-state index in [2.05, 4.69) is 13.8 Å². The van der Waals surface area contributed by atoms with E-state index in [0.29, 0.717) is 19.6 Å². The van der Waals surface area contributed by atoms with Crippen molar-refractivity contribution in [1.82, 2.24) is 4.90 Å². The molecule has 1 amide bonds. The Labute approximate surface area is 135 Å². The van der Waals surface area contributed by atoms with Crippen LogP contribution in [0.25, 0.3) is 0 Å². The van der Waals surface area contributed by atoms with Gasteiger partial charge in [-0.15, -0.1) is 0 Å². The average Bonchev–Trinajstić information content (AvgIpc) is 2.88. The first-order valence-electron chi connectivity index (χ1n) is 9.13. The third-order valence-electron chi connectivity index (χ3n) is 4.32. The van der Waals surface area contributed by atoms with Crippen LogP contribution in [0.4, 0.5) is 0 Å². The Hall–Kier alpha value is -1.06. The molecule has 22 heavy (non-hydrogen) atoms. The molecule has 0 aliphatic carbocycles. The molecule has 0 bridgehead atoms. The molecule has 1 heterocycles. The van der Waals surface area contributed by atoms with Gasteiger partial charge in [-0.05, 0) is 12.8 Å². The maximum atomic E-state index is 12.0. The van der Waals surface area contributed by atoms with Gasteiger partial charge in [-0.1, -0.05) is 58.8 Å². The van der Waals surface area contributed by atoms with Gasteiger partial charge < -0.3 is 9.64 Å². The van der Waals surface area contributed by atoms with Crippen LogP contribution in [0.1, 0.15) is 78.1 Å². The Kier molecular flexibility index (Phi) is 9.93. The minimum Gasteiger partial charge on any atom is -0.465 e. The molecule has 1 unspecified atom stereocenters. The Balaban J connectivity index is 2.16. The number of rotatable bonds is 12. The number of hydrogen-bond acceptors (Lipinski definition) is 3. The van der Waals surface area contributed by atoms with Crippen molar-refractivity contribution >= 4 is 11.9 Å². The van der Waals surface area contributed by atoms with Gasteiger partial charge in [0.25, 0.3) is 0 Å². The molecule has 4 nitrogen and oxygen atoms in total. The van der Waals surface area contributed by atoms with Crippen LogP contribution in [0.2, 0.25) is 0 Å². The van der Waals surface area contributed by atoms with Gasteiger partial charge in [0, 0.05) is 19.5 Å². The van der Waals surface area contributed by atoms with E-state index in [0.717, 1.165) is 25.8 Å². The summed E-state index contributed by atoms with van der Waals surface area (Å²) < 4.78 is 5.31. The van der Waals surface area contributed by atoms with Crippen molar-refractivity contribution in [3.8, 4) is 0 Å². The number of carbonyl (C=O) groups is 2. The second-order valence-electron chi connectivity index (χ2n) is 6.38. The van der Waals surface area contributed by atoms with Crippen molar-refractivity contribution in [2.45, 2.75) is 78.1 Å². The van der Waals surface area contributed by atoms with Crippen molar-refractivity contribution in [3.05, 3.63) is 0 Å². The van der Waals surface area contributed by atoms with Crippen LogP contribution in [-0.2, 0) is 14.3 Å². The van der Waals surface area contributed by atoms with Gasteiger partial charge in [0.15, 0.2) is 0 Å². The fraction of sp³-hybridized carbons (Fsp3) is 0.889. The lowest BCUT2D eigenvalue weighted by Gasteiger charge is -2.16. The smallest absolute Gasteiger partial charge is 0.311 e. The summed E-state index contributed by atoms with van der Waals surface area (Å²) >= 11 is 0. The van der Waals surface area contributed by atoms with Crippen LogP contribution in [0, 0.1) is 5.92 Å². The van der Waals surface area contributed by atoms with E-state index in [1.54, 1.807) is 0 Å². The molecule has 1 aliphatic heterocycles. The second kappa shape index (κ2) is 11.5. The van der Waals surface area contributed by atoms with Crippen LogP contribution in [0.3, 0.4) is 0 Å². The summed E-state index contributed by atoms with van der Waals surface area (Å²) in [6.07, 6.45) is 10.7. The van der Waals surface area contributed by atoms with Crippen molar-refractivity contribution < 1.29 is 14.3 Å². The molecule has 1 rings (SSSR count). The van der Waals surface area contributed by atoms with Gasteiger partial charge in [-0.25, -0.2) is 0 Å². The topological polar surface area (TPSA) is 46.6 Å². The van der Waals surface area contributed by atoms with E-state index in [4.69, 9.17) is 4.74 Å². The summed E-state index contributed by atoms with van der Waals surface area (Å²) in [6.45, 7) is 6.21.